The zero-order valence-electron chi connectivity index (χ0n) is 7.83. The fourth-order valence-electron chi connectivity index (χ4n) is 1.23. The maximum absolute atomic E-state index is 11.4. The Labute approximate surface area is 88.1 Å². The number of carbonyl (C=O) groups is 1. The molecule has 0 saturated carbocycles. The lowest BCUT2D eigenvalue weighted by atomic mass is 9.95. The second kappa shape index (κ2) is 4.78. The number of carbonyl (C=O) groups excluding carboxylic acids is 1. The number of nitriles is 1. The smallest absolute Gasteiger partial charge is 0.154 e. The van der Waals surface area contributed by atoms with Gasteiger partial charge in [-0.05, 0) is 11.6 Å². The quantitative estimate of drug-likeness (QED) is 0.765. The second-order valence-electron chi connectivity index (χ2n) is 2.90. The standard InChI is InChI=1S/C11H10ClNO/c1-2-11(14)9(7-13)8-5-3-4-6-10(8)12/h3-6,9H,2H2,1H3/t9-/m0/s1. The van der Waals surface area contributed by atoms with Crippen LogP contribution in [0.3, 0.4) is 0 Å². The number of halogens is 1. The lowest BCUT2D eigenvalue weighted by Gasteiger charge is -2.08. The molecule has 1 rings (SSSR count). The Kier molecular flexibility index (Phi) is 3.67. The summed E-state index contributed by atoms with van der Waals surface area (Å²) in [5.41, 5.74) is 0.600. The Bertz CT molecular complexity index is 381. The highest BCUT2D eigenvalue weighted by Gasteiger charge is 2.20. The summed E-state index contributed by atoms with van der Waals surface area (Å²) in [5.74, 6) is -0.825. The molecule has 14 heavy (non-hydrogen) atoms. The number of benzene rings is 1. The molecule has 0 aromatic heterocycles. The number of rotatable bonds is 3. The van der Waals surface area contributed by atoms with Crippen LogP contribution in [0.1, 0.15) is 24.8 Å². The molecule has 0 fully saturated rings. The fourth-order valence-corrected chi connectivity index (χ4v) is 1.47. The molecule has 0 N–H and O–H groups in total. The van der Waals surface area contributed by atoms with Crippen molar-refractivity contribution >= 4 is 17.4 Å². The summed E-state index contributed by atoms with van der Waals surface area (Å²) in [7, 11) is 0. The van der Waals surface area contributed by atoms with Crippen molar-refractivity contribution in [1.29, 1.82) is 5.26 Å². The van der Waals surface area contributed by atoms with E-state index in [1.54, 1.807) is 31.2 Å². The Morgan fingerprint density at radius 1 is 1.57 bits per heavy atom. The van der Waals surface area contributed by atoms with Gasteiger partial charge in [0.15, 0.2) is 5.78 Å². The van der Waals surface area contributed by atoms with Gasteiger partial charge in [0, 0.05) is 11.4 Å². The first kappa shape index (κ1) is 10.7. The van der Waals surface area contributed by atoms with Crippen molar-refractivity contribution < 1.29 is 4.79 Å². The van der Waals surface area contributed by atoms with Gasteiger partial charge in [0.2, 0.25) is 0 Å². The molecule has 0 bridgehead atoms. The van der Waals surface area contributed by atoms with Gasteiger partial charge >= 0.3 is 0 Å². The van der Waals surface area contributed by atoms with E-state index in [1.165, 1.54) is 0 Å². The average molecular weight is 208 g/mol. The minimum atomic E-state index is -0.728. The van der Waals surface area contributed by atoms with E-state index in [4.69, 9.17) is 16.9 Å². The van der Waals surface area contributed by atoms with Crippen LogP contribution in [0.5, 0.6) is 0 Å². The maximum Gasteiger partial charge on any atom is 0.154 e. The first-order valence-electron chi connectivity index (χ1n) is 4.37. The molecule has 72 valence electrons. The van der Waals surface area contributed by atoms with E-state index in [1.807, 2.05) is 6.07 Å². The van der Waals surface area contributed by atoms with Crippen LogP contribution >= 0.6 is 11.6 Å². The third-order valence-electron chi connectivity index (χ3n) is 2.02. The van der Waals surface area contributed by atoms with E-state index in [9.17, 15) is 4.79 Å². The first-order valence-corrected chi connectivity index (χ1v) is 4.75. The van der Waals surface area contributed by atoms with Crippen LogP contribution in [0.2, 0.25) is 5.02 Å². The zero-order valence-corrected chi connectivity index (χ0v) is 8.58. The third-order valence-corrected chi connectivity index (χ3v) is 2.36. The van der Waals surface area contributed by atoms with Crippen molar-refractivity contribution in [3.63, 3.8) is 0 Å². The average Bonchev–Trinajstić information content (AvgIpc) is 2.21. The predicted molar refractivity (Wildman–Crippen MR) is 55.1 cm³/mol. The number of Topliss-reactive ketones (excluding diaryl/α,β-unsaturated/α-hetero) is 1. The summed E-state index contributed by atoms with van der Waals surface area (Å²) in [6.45, 7) is 1.74. The highest BCUT2D eigenvalue weighted by atomic mass is 35.5. The molecule has 0 amide bonds. The summed E-state index contributed by atoms with van der Waals surface area (Å²) in [6.07, 6.45) is 0.351. The highest BCUT2D eigenvalue weighted by molar-refractivity contribution is 6.31. The molecule has 0 aliphatic carbocycles. The zero-order chi connectivity index (χ0) is 10.6. The van der Waals surface area contributed by atoms with Crippen molar-refractivity contribution in [2.24, 2.45) is 0 Å². The largest absolute Gasteiger partial charge is 0.298 e. The summed E-state index contributed by atoms with van der Waals surface area (Å²) >= 11 is 5.90. The van der Waals surface area contributed by atoms with Crippen LogP contribution < -0.4 is 0 Å². The van der Waals surface area contributed by atoms with E-state index in [0.29, 0.717) is 17.0 Å². The van der Waals surface area contributed by atoms with Crippen molar-refractivity contribution in [2.45, 2.75) is 19.3 Å². The molecule has 0 aliphatic heterocycles. The van der Waals surface area contributed by atoms with E-state index in [2.05, 4.69) is 0 Å². The molecule has 0 unspecified atom stereocenters. The molecule has 1 atom stereocenters. The molecule has 0 aliphatic rings. The number of hydrogen-bond acceptors (Lipinski definition) is 2. The van der Waals surface area contributed by atoms with E-state index in [-0.39, 0.29) is 5.78 Å². The van der Waals surface area contributed by atoms with Gasteiger partial charge in [0.1, 0.15) is 5.92 Å². The first-order chi connectivity index (χ1) is 6.70. The van der Waals surface area contributed by atoms with Crippen LogP contribution in [0.25, 0.3) is 0 Å². The van der Waals surface area contributed by atoms with Crippen LogP contribution in [-0.4, -0.2) is 5.78 Å². The van der Waals surface area contributed by atoms with Crippen LogP contribution in [0.4, 0.5) is 0 Å². The highest BCUT2D eigenvalue weighted by Crippen LogP contribution is 2.25. The summed E-state index contributed by atoms with van der Waals surface area (Å²) < 4.78 is 0. The van der Waals surface area contributed by atoms with Gasteiger partial charge in [-0.25, -0.2) is 0 Å². The van der Waals surface area contributed by atoms with Crippen LogP contribution in [0.15, 0.2) is 24.3 Å². The molecule has 0 heterocycles. The SMILES string of the molecule is CCC(=O)[C@@H](C#N)c1ccccc1Cl. The molecule has 2 nitrogen and oxygen atoms in total. The van der Waals surface area contributed by atoms with Gasteiger partial charge in [-0.2, -0.15) is 5.26 Å². The Balaban J connectivity index is 3.09. The Hall–Kier alpha value is -1.33. The third kappa shape index (κ3) is 2.12. The molecular weight excluding hydrogens is 198 g/mol. The molecule has 3 heteroatoms. The molecule has 1 aromatic rings. The Morgan fingerprint density at radius 3 is 2.71 bits per heavy atom. The molecule has 1 aromatic carbocycles. The molecule has 0 spiro atoms. The minimum Gasteiger partial charge on any atom is -0.298 e. The maximum atomic E-state index is 11.4. The van der Waals surface area contributed by atoms with Crippen LogP contribution in [-0.2, 0) is 4.79 Å². The van der Waals surface area contributed by atoms with Gasteiger partial charge in [0.25, 0.3) is 0 Å². The Morgan fingerprint density at radius 2 is 2.21 bits per heavy atom. The predicted octanol–water partition coefficient (Wildman–Crippen LogP) is 2.93. The summed E-state index contributed by atoms with van der Waals surface area (Å²) in [5, 5.41) is 9.35. The van der Waals surface area contributed by atoms with Crippen molar-refractivity contribution in [2.75, 3.05) is 0 Å². The van der Waals surface area contributed by atoms with E-state index < -0.39 is 5.92 Å². The van der Waals surface area contributed by atoms with E-state index in [0.717, 1.165) is 0 Å². The lowest BCUT2D eigenvalue weighted by molar-refractivity contribution is -0.119. The topological polar surface area (TPSA) is 40.9 Å². The van der Waals surface area contributed by atoms with Gasteiger partial charge in [0.05, 0.1) is 6.07 Å². The van der Waals surface area contributed by atoms with Crippen molar-refractivity contribution in [1.82, 2.24) is 0 Å². The fraction of sp³-hybridized carbons (Fsp3) is 0.273. The number of ketones is 1. The molecule has 0 saturated heterocycles. The van der Waals surface area contributed by atoms with E-state index >= 15 is 0 Å². The minimum absolute atomic E-state index is 0.0967. The number of hydrogen-bond donors (Lipinski definition) is 0. The summed E-state index contributed by atoms with van der Waals surface area (Å²) in [4.78, 5) is 11.4. The molecule has 0 radical (unpaired) electrons. The van der Waals surface area contributed by atoms with Gasteiger partial charge in [-0.3, -0.25) is 4.79 Å². The van der Waals surface area contributed by atoms with Crippen LogP contribution in [0, 0.1) is 11.3 Å². The normalized spacial score (nSPS) is 11.8. The summed E-state index contributed by atoms with van der Waals surface area (Å²) in [6, 6.07) is 8.92. The molecular formula is C11H10ClNO. The lowest BCUT2D eigenvalue weighted by Crippen LogP contribution is -2.09. The van der Waals surface area contributed by atoms with Gasteiger partial charge < -0.3 is 0 Å². The van der Waals surface area contributed by atoms with Crippen molar-refractivity contribution in [3.05, 3.63) is 34.9 Å². The second-order valence-corrected chi connectivity index (χ2v) is 3.31. The van der Waals surface area contributed by atoms with Crippen molar-refractivity contribution in [3.8, 4) is 6.07 Å². The van der Waals surface area contributed by atoms with Gasteiger partial charge in [-0.15, -0.1) is 0 Å². The number of nitrogens with zero attached hydrogens (tertiary/aromatic N) is 1. The monoisotopic (exact) mass is 207 g/mol. The van der Waals surface area contributed by atoms with Gasteiger partial charge in [-0.1, -0.05) is 36.7 Å².